The molecule has 0 unspecified atom stereocenters. The molecule has 30 heavy (non-hydrogen) atoms. The Morgan fingerprint density at radius 1 is 0.933 bits per heavy atom. The van der Waals surface area contributed by atoms with Gasteiger partial charge in [-0.2, -0.15) is 5.10 Å². The summed E-state index contributed by atoms with van der Waals surface area (Å²) < 4.78 is 1.12. The van der Waals surface area contributed by atoms with Crippen LogP contribution in [0.5, 0.6) is 0 Å². The zero-order chi connectivity index (χ0) is 20.5. The van der Waals surface area contributed by atoms with E-state index in [0.717, 1.165) is 48.4 Å². The summed E-state index contributed by atoms with van der Waals surface area (Å²) >= 11 is 1.53. The van der Waals surface area contributed by atoms with Gasteiger partial charge in [-0.3, -0.25) is 9.89 Å². The number of aromatic nitrogens is 2. The van der Waals surface area contributed by atoms with Crippen molar-refractivity contribution in [3.63, 3.8) is 0 Å². The fraction of sp³-hybridized carbons (Fsp3) is 0.0400. The number of nitrogens with one attached hydrogen (secondary N) is 2. The first kappa shape index (κ1) is 18.3. The molecule has 5 aromatic rings. The SMILES string of the molecule is Cc1c(C(=O)Nc2ccccc2C=Cc2n[nH]c3ccccc23)sc2ccccc12. The van der Waals surface area contributed by atoms with Crippen molar-refractivity contribution in [3.8, 4) is 0 Å². The highest BCUT2D eigenvalue weighted by Gasteiger charge is 2.16. The number of H-pyrrole nitrogens is 1. The van der Waals surface area contributed by atoms with Crippen LogP contribution in [0.3, 0.4) is 0 Å². The van der Waals surface area contributed by atoms with Crippen molar-refractivity contribution in [1.82, 2.24) is 10.2 Å². The molecule has 0 saturated heterocycles. The quantitative estimate of drug-likeness (QED) is 0.355. The summed E-state index contributed by atoms with van der Waals surface area (Å²) in [7, 11) is 0. The number of anilines is 1. The average Bonchev–Trinajstić information content (AvgIpc) is 3.34. The number of carbonyl (C=O) groups excluding carboxylic acids is 1. The average molecular weight is 410 g/mol. The molecule has 2 aromatic heterocycles. The molecule has 0 bridgehead atoms. The third-order valence-corrected chi connectivity index (χ3v) is 6.45. The number of hydrogen-bond donors (Lipinski definition) is 2. The zero-order valence-corrected chi connectivity index (χ0v) is 17.2. The van der Waals surface area contributed by atoms with Crippen LogP contribution in [0.2, 0.25) is 0 Å². The minimum Gasteiger partial charge on any atom is -0.321 e. The number of aromatic amines is 1. The predicted octanol–water partition coefficient (Wildman–Crippen LogP) is 6.51. The van der Waals surface area contributed by atoms with Gasteiger partial charge in [0.1, 0.15) is 0 Å². The summed E-state index contributed by atoms with van der Waals surface area (Å²) in [6.45, 7) is 2.00. The molecule has 146 valence electrons. The number of rotatable bonds is 4. The largest absolute Gasteiger partial charge is 0.321 e. The van der Waals surface area contributed by atoms with E-state index < -0.39 is 0 Å². The van der Waals surface area contributed by atoms with E-state index in [1.54, 1.807) is 0 Å². The first-order chi connectivity index (χ1) is 14.7. The van der Waals surface area contributed by atoms with Crippen LogP contribution in [-0.4, -0.2) is 16.1 Å². The lowest BCUT2D eigenvalue weighted by Gasteiger charge is -2.08. The number of carbonyl (C=O) groups is 1. The van der Waals surface area contributed by atoms with E-state index in [4.69, 9.17) is 0 Å². The van der Waals surface area contributed by atoms with Crippen LogP contribution in [0, 0.1) is 6.92 Å². The molecular formula is C25H19N3OS. The zero-order valence-electron chi connectivity index (χ0n) is 16.3. The third kappa shape index (κ3) is 3.29. The van der Waals surface area contributed by atoms with Gasteiger partial charge >= 0.3 is 0 Å². The smallest absolute Gasteiger partial charge is 0.266 e. The van der Waals surface area contributed by atoms with Crippen LogP contribution in [0.1, 0.15) is 26.5 Å². The highest BCUT2D eigenvalue weighted by molar-refractivity contribution is 7.21. The normalized spacial score (nSPS) is 11.5. The number of para-hydroxylation sites is 2. The van der Waals surface area contributed by atoms with E-state index in [-0.39, 0.29) is 5.91 Å². The summed E-state index contributed by atoms with van der Waals surface area (Å²) in [6, 6.07) is 23.9. The van der Waals surface area contributed by atoms with Gasteiger partial charge in [0.2, 0.25) is 0 Å². The van der Waals surface area contributed by atoms with E-state index in [9.17, 15) is 4.79 Å². The van der Waals surface area contributed by atoms with Gasteiger partial charge in [0.15, 0.2) is 0 Å². The Balaban J connectivity index is 1.44. The molecule has 0 spiro atoms. The van der Waals surface area contributed by atoms with E-state index >= 15 is 0 Å². The maximum atomic E-state index is 13.0. The second kappa shape index (κ2) is 7.61. The molecular weight excluding hydrogens is 390 g/mol. The molecule has 0 radical (unpaired) electrons. The van der Waals surface area contributed by atoms with E-state index in [1.807, 2.05) is 79.7 Å². The van der Waals surface area contributed by atoms with E-state index in [0.29, 0.717) is 0 Å². The number of aryl methyl sites for hydroxylation is 1. The number of amides is 1. The maximum Gasteiger partial charge on any atom is 0.266 e. The third-order valence-electron chi connectivity index (χ3n) is 5.18. The van der Waals surface area contributed by atoms with Crippen molar-refractivity contribution in [1.29, 1.82) is 0 Å². The molecule has 2 heterocycles. The predicted molar refractivity (Wildman–Crippen MR) is 126 cm³/mol. The highest BCUT2D eigenvalue weighted by atomic mass is 32.1. The summed E-state index contributed by atoms with van der Waals surface area (Å²) in [4.78, 5) is 13.8. The molecule has 5 rings (SSSR count). The molecule has 0 aliphatic heterocycles. The molecule has 0 aliphatic rings. The maximum absolute atomic E-state index is 13.0. The fourth-order valence-electron chi connectivity index (χ4n) is 3.61. The lowest BCUT2D eigenvalue weighted by Crippen LogP contribution is -2.12. The van der Waals surface area contributed by atoms with Gasteiger partial charge in [0.05, 0.1) is 16.1 Å². The summed E-state index contributed by atoms with van der Waals surface area (Å²) in [5.74, 6) is -0.0835. The van der Waals surface area contributed by atoms with Crippen molar-refractivity contribution in [2.24, 2.45) is 0 Å². The minimum absolute atomic E-state index is 0.0835. The first-order valence-electron chi connectivity index (χ1n) is 9.70. The van der Waals surface area contributed by atoms with Gasteiger partial charge in [0.25, 0.3) is 5.91 Å². The number of nitrogens with zero attached hydrogens (tertiary/aromatic N) is 1. The molecule has 0 fully saturated rings. The monoisotopic (exact) mass is 409 g/mol. The molecule has 4 nitrogen and oxygen atoms in total. The van der Waals surface area contributed by atoms with Crippen LogP contribution in [0.4, 0.5) is 5.69 Å². The van der Waals surface area contributed by atoms with Crippen molar-refractivity contribution in [2.45, 2.75) is 6.92 Å². The lowest BCUT2D eigenvalue weighted by molar-refractivity contribution is 0.103. The van der Waals surface area contributed by atoms with Gasteiger partial charge in [-0.15, -0.1) is 11.3 Å². The topological polar surface area (TPSA) is 57.8 Å². The number of fused-ring (bicyclic) bond motifs is 2. The van der Waals surface area contributed by atoms with Crippen LogP contribution in [-0.2, 0) is 0 Å². The Labute approximate surface area is 177 Å². The van der Waals surface area contributed by atoms with Gasteiger partial charge in [-0.05, 0) is 47.7 Å². The molecule has 0 atom stereocenters. The molecule has 2 N–H and O–H groups in total. The van der Waals surface area contributed by atoms with Gasteiger partial charge < -0.3 is 5.32 Å². The van der Waals surface area contributed by atoms with Crippen molar-refractivity contribution >= 4 is 56.1 Å². The lowest BCUT2D eigenvalue weighted by atomic mass is 10.1. The molecule has 3 aromatic carbocycles. The fourth-order valence-corrected chi connectivity index (χ4v) is 4.71. The minimum atomic E-state index is -0.0835. The summed E-state index contributed by atoms with van der Waals surface area (Å²) in [6.07, 6.45) is 3.95. The summed E-state index contributed by atoms with van der Waals surface area (Å²) in [5.41, 5.74) is 4.59. The second-order valence-corrected chi connectivity index (χ2v) is 8.13. The van der Waals surface area contributed by atoms with Crippen molar-refractivity contribution in [2.75, 3.05) is 5.32 Å². The van der Waals surface area contributed by atoms with Gasteiger partial charge in [-0.1, -0.05) is 60.7 Å². The number of benzene rings is 3. The molecule has 1 amide bonds. The first-order valence-corrected chi connectivity index (χ1v) is 10.5. The van der Waals surface area contributed by atoms with Crippen LogP contribution >= 0.6 is 11.3 Å². The Bertz CT molecular complexity index is 1410. The van der Waals surface area contributed by atoms with E-state index in [1.165, 1.54) is 11.3 Å². The molecule has 0 saturated carbocycles. The van der Waals surface area contributed by atoms with Crippen molar-refractivity contribution in [3.05, 3.63) is 94.5 Å². The Morgan fingerprint density at radius 3 is 2.53 bits per heavy atom. The van der Waals surface area contributed by atoms with Crippen LogP contribution < -0.4 is 5.32 Å². The van der Waals surface area contributed by atoms with Gasteiger partial charge in [-0.25, -0.2) is 0 Å². The highest BCUT2D eigenvalue weighted by Crippen LogP contribution is 2.31. The van der Waals surface area contributed by atoms with E-state index in [2.05, 4.69) is 27.6 Å². The standard InChI is InChI=1S/C25H19N3OS/c1-16-18-9-4-7-13-23(18)30-24(16)25(29)26-20-11-5-2-8-17(20)14-15-22-19-10-3-6-12-21(19)27-28-22/h2-15H,1H3,(H,26,29)(H,27,28). The Hall–Kier alpha value is -3.70. The number of thiophene rings is 1. The Kier molecular flexibility index (Phi) is 4.65. The second-order valence-electron chi connectivity index (χ2n) is 7.08. The Morgan fingerprint density at radius 2 is 1.67 bits per heavy atom. The number of hydrogen-bond acceptors (Lipinski definition) is 3. The molecule has 0 aliphatic carbocycles. The summed E-state index contributed by atoms with van der Waals surface area (Å²) in [5, 5.41) is 12.7. The van der Waals surface area contributed by atoms with Crippen LogP contribution in [0.25, 0.3) is 33.1 Å². The molecule has 5 heteroatoms. The van der Waals surface area contributed by atoms with Crippen LogP contribution in [0.15, 0.2) is 72.8 Å². The van der Waals surface area contributed by atoms with Crippen molar-refractivity contribution < 1.29 is 4.79 Å². The van der Waals surface area contributed by atoms with Gasteiger partial charge in [0, 0.05) is 15.8 Å².